The molecule has 0 heterocycles. The van der Waals surface area contributed by atoms with Gasteiger partial charge in [0.15, 0.2) is 5.96 Å². The minimum absolute atomic E-state index is 0. The van der Waals surface area contributed by atoms with E-state index in [1.54, 1.807) is 21.3 Å². The predicted octanol–water partition coefficient (Wildman–Crippen LogP) is 2.01. The minimum Gasteiger partial charge on any atom is -0.496 e. The van der Waals surface area contributed by atoms with Crippen LogP contribution in [0.15, 0.2) is 29.3 Å². The van der Waals surface area contributed by atoms with Crippen LogP contribution in [-0.4, -0.2) is 40.4 Å². The van der Waals surface area contributed by atoms with Crippen LogP contribution >= 0.6 is 24.0 Å². The second-order valence-electron chi connectivity index (χ2n) is 4.01. The molecular weight excluding hydrogens is 369 g/mol. The molecule has 0 amide bonds. The summed E-state index contributed by atoms with van der Waals surface area (Å²) >= 11 is 0. The van der Waals surface area contributed by atoms with E-state index in [9.17, 15) is 0 Å². The molecule has 0 atom stereocenters. The molecule has 6 heteroatoms. The molecule has 1 aromatic rings. The van der Waals surface area contributed by atoms with Gasteiger partial charge >= 0.3 is 0 Å². The van der Waals surface area contributed by atoms with Gasteiger partial charge in [0.1, 0.15) is 5.75 Å². The van der Waals surface area contributed by atoms with Crippen molar-refractivity contribution in [2.45, 2.75) is 13.0 Å². The van der Waals surface area contributed by atoms with Gasteiger partial charge in [-0.05, 0) is 12.5 Å². The minimum atomic E-state index is 0. The second kappa shape index (κ2) is 11.8. The van der Waals surface area contributed by atoms with Gasteiger partial charge in [-0.1, -0.05) is 18.2 Å². The number of ether oxygens (including phenoxy) is 2. The normalized spacial score (nSPS) is 10.7. The molecule has 0 aliphatic heterocycles. The maximum absolute atomic E-state index is 5.31. The van der Waals surface area contributed by atoms with Crippen LogP contribution < -0.4 is 15.4 Å². The van der Waals surface area contributed by atoms with E-state index < -0.39 is 0 Å². The summed E-state index contributed by atoms with van der Waals surface area (Å²) in [7, 11) is 5.14. The summed E-state index contributed by atoms with van der Waals surface area (Å²) < 4.78 is 10.3. The number of guanidine groups is 1. The highest BCUT2D eigenvalue weighted by Gasteiger charge is 2.02. The lowest BCUT2D eigenvalue weighted by Crippen LogP contribution is -2.37. The largest absolute Gasteiger partial charge is 0.496 e. The lowest BCUT2D eigenvalue weighted by atomic mass is 10.2. The zero-order chi connectivity index (χ0) is 13.9. The van der Waals surface area contributed by atoms with Gasteiger partial charge in [0.25, 0.3) is 0 Å². The van der Waals surface area contributed by atoms with Crippen LogP contribution in [0.3, 0.4) is 0 Å². The fourth-order valence-electron chi connectivity index (χ4n) is 1.67. The van der Waals surface area contributed by atoms with E-state index in [1.807, 2.05) is 24.3 Å². The summed E-state index contributed by atoms with van der Waals surface area (Å²) in [6.07, 6.45) is 0.950. The fraction of sp³-hybridized carbons (Fsp3) is 0.500. The van der Waals surface area contributed by atoms with Crippen molar-refractivity contribution in [3.05, 3.63) is 29.8 Å². The van der Waals surface area contributed by atoms with E-state index in [-0.39, 0.29) is 24.0 Å². The molecule has 1 rings (SSSR count). The van der Waals surface area contributed by atoms with Crippen LogP contribution in [0.5, 0.6) is 5.75 Å². The van der Waals surface area contributed by atoms with E-state index in [2.05, 4.69) is 15.6 Å². The number of para-hydroxylation sites is 1. The lowest BCUT2D eigenvalue weighted by molar-refractivity contribution is 0.195. The van der Waals surface area contributed by atoms with E-state index in [4.69, 9.17) is 9.47 Å². The topological polar surface area (TPSA) is 54.9 Å². The Labute approximate surface area is 138 Å². The molecule has 0 saturated heterocycles. The molecule has 0 bridgehead atoms. The highest BCUT2D eigenvalue weighted by molar-refractivity contribution is 14.0. The van der Waals surface area contributed by atoms with Crippen LogP contribution in [0.4, 0.5) is 0 Å². The van der Waals surface area contributed by atoms with E-state index in [1.165, 1.54) is 0 Å². The Morgan fingerprint density at radius 2 is 1.95 bits per heavy atom. The van der Waals surface area contributed by atoms with Gasteiger partial charge < -0.3 is 20.1 Å². The molecule has 0 aliphatic rings. The van der Waals surface area contributed by atoms with Crippen molar-refractivity contribution in [2.24, 2.45) is 4.99 Å². The van der Waals surface area contributed by atoms with Crippen molar-refractivity contribution in [1.29, 1.82) is 0 Å². The van der Waals surface area contributed by atoms with Crippen LogP contribution in [0.1, 0.15) is 12.0 Å². The maximum Gasteiger partial charge on any atom is 0.191 e. The number of hydrogen-bond donors (Lipinski definition) is 2. The Hall–Kier alpha value is -1.02. The fourth-order valence-corrected chi connectivity index (χ4v) is 1.67. The third-order valence-electron chi connectivity index (χ3n) is 2.68. The Kier molecular flexibility index (Phi) is 11.2. The smallest absolute Gasteiger partial charge is 0.191 e. The number of aliphatic imine (C=N–C) groups is 1. The average molecular weight is 393 g/mol. The molecule has 0 unspecified atom stereocenters. The van der Waals surface area contributed by atoms with E-state index >= 15 is 0 Å². The third kappa shape index (κ3) is 6.95. The number of halogens is 1. The molecule has 0 aromatic heterocycles. The standard InChI is InChI=1S/C14H23N3O2.HI/c1-15-14(16-9-6-10-18-2)17-11-12-7-4-5-8-13(12)19-3;/h4-5,7-8H,6,9-11H2,1-3H3,(H2,15,16,17);1H. The van der Waals surface area contributed by atoms with Gasteiger partial charge in [0.05, 0.1) is 7.11 Å². The highest BCUT2D eigenvalue weighted by Crippen LogP contribution is 2.16. The van der Waals surface area contributed by atoms with Gasteiger partial charge in [-0.25, -0.2) is 0 Å². The first kappa shape index (κ1) is 19.0. The second-order valence-corrected chi connectivity index (χ2v) is 4.01. The summed E-state index contributed by atoms with van der Waals surface area (Å²) in [4.78, 5) is 4.17. The molecule has 2 N–H and O–H groups in total. The Bertz CT molecular complexity index is 400. The number of nitrogens with zero attached hydrogens (tertiary/aromatic N) is 1. The average Bonchev–Trinajstić information content (AvgIpc) is 2.47. The van der Waals surface area contributed by atoms with E-state index in [0.29, 0.717) is 6.54 Å². The summed E-state index contributed by atoms with van der Waals surface area (Å²) in [6.45, 7) is 2.25. The monoisotopic (exact) mass is 393 g/mol. The van der Waals surface area contributed by atoms with Gasteiger partial charge in [-0.3, -0.25) is 4.99 Å². The number of rotatable bonds is 7. The van der Waals surface area contributed by atoms with Crippen molar-refractivity contribution < 1.29 is 9.47 Å². The van der Waals surface area contributed by atoms with Crippen molar-refractivity contribution in [3.63, 3.8) is 0 Å². The number of nitrogens with one attached hydrogen (secondary N) is 2. The van der Waals surface area contributed by atoms with Crippen molar-refractivity contribution in [1.82, 2.24) is 10.6 Å². The summed E-state index contributed by atoms with van der Waals surface area (Å²) in [5, 5.41) is 6.49. The Morgan fingerprint density at radius 1 is 1.20 bits per heavy atom. The van der Waals surface area contributed by atoms with Gasteiger partial charge in [0, 0.05) is 39.4 Å². The quantitative estimate of drug-likeness (QED) is 0.322. The van der Waals surface area contributed by atoms with Crippen molar-refractivity contribution >= 4 is 29.9 Å². The van der Waals surface area contributed by atoms with Crippen LogP contribution in [0.25, 0.3) is 0 Å². The van der Waals surface area contributed by atoms with Crippen LogP contribution in [-0.2, 0) is 11.3 Å². The molecular formula is C14H24IN3O2. The predicted molar refractivity (Wildman–Crippen MR) is 93.1 cm³/mol. The van der Waals surface area contributed by atoms with Gasteiger partial charge in [0.2, 0.25) is 0 Å². The Morgan fingerprint density at radius 3 is 2.60 bits per heavy atom. The first-order valence-corrected chi connectivity index (χ1v) is 6.37. The van der Waals surface area contributed by atoms with Gasteiger partial charge in [-0.2, -0.15) is 0 Å². The molecule has 20 heavy (non-hydrogen) atoms. The molecule has 0 spiro atoms. The molecule has 114 valence electrons. The zero-order valence-electron chi connectivity index (χ0n) is 12.3. The molecule has 0 radical (unpaired) electrons. The van der Waals surface area contributed by atoms with Crippen molar-refractivity contribution in [3.8, 4) is 5.75 Å². The Balaban J connectivity index is 0.00000361. The van der Waals surface area contributed by atoms with Crippen LogP contribution in [0.2, 0.25) is 0 Å². The molecule has 0 saturated carbocycles. The molecule has 5 nitrogen and oxygen atoms in total. The molecule has 0 aliphatic carbocycles. The van der Waals surface area contributed by atoms with Gasteiger partial charge in [-0.15, -0.1) is 24.0 Å². The summed E-state index contributed by atoms with van der Waals surface area (Å²) in [6, 6.07) is 7.93. The first-order valence-electron chi connectivity index (χ1n) is 6.37. The number of hydrogen-bond acceptors (Lipinski definition) is 3. The lowest BCUT2D eigenvalue weighted by Gasteiger charge is -2.13. The maximum atomic E-state index is 5.31. The molecule has 0 fully saturated rings. The zero-order valence-corrected chi connectivity index (χ0v) is 14.6. The molecule has 1 aromatic carbocycles. The van der Waals surface area contributed by atoms with Crippen LogP contribution in [0, 0.1) is 0 Å². The summed E-state index contributed by atoms with van der Waals surface area (Å²) in [5.74, 6) is 1.66. The SMILES string of the molecule is CN=C(NCCCOC)NCc1ccccc1OC.I. The third-order valence-corrected chi connectivity index (χ3v) is 2.68. The van der Waals surface area contributed by atoms with E-state index in [0.717, 1.165) is 36.8 Å². The number of methoxy groups -OCH3 is 2. The van der Waals surface area contributed by atoms with Crippen molar-refractivity contribution in [2.75, 3.05) is 34.4 Å². The first-order chi connectivity index (χ1) is 9.31. The highest BCUT2D eigenvalue weighted by atomic mass is 127. The number of benzene rings is 1. The summed E-state index contributed by atoms with van der Waals surface area (Å²) in [5.41, 5.74) is 1.10.